The normalized spacial score (nSPS) is 19.5. The first-order chi connectivity index (χ1) is 20.5. The number of hydrogen-bond acceptors (Lipinski definition) is 11. The fraction of sp³-hybridized carbons (Fsp3) is 0.464. The third-order valence-electron chi connectivity index (χ3n) is 7.57. The molecule has 0 saturated carbocycles. The monoisotopic (exact) mass is 616 g/mol. The number of hydrogen-bond donors (Lipinski definition) is 1. The van der Waals surface area contributed by atoms with Gasteiger partial charge in [0.05, 0.1) is 22.0 Å². The van der Waals surface area contributed by atoms with E-state index in [4.69, 9.17) is 9.47 Å². The highest BCUT2D eigenvalue weighted by molar-refractivity contribution is 8.14. The third-order valence-corrected chi connectivity index (χ3v) is 8.57. The maximum Gasteiger partial charge on any atom is 0.410 e. The van der Waals surface area contributed by atoms with Crippen LogP contribution in [0.2, 0.25) is 0 Å². The van der Waals surface area contributed by atoms with Gasteiger partial charge in [0.2, 0.25) is 0 Å². The van der Waals surface area contributed by atoms with Crippen molar-refractivity contribution in [3.63, 3.8) is 0 Å². The van der Waals surface area contributed by atoms with Crippen LogP contribution in [-0.2, 0) is 27.5 Å². The van der Waals surface area contributed by atoms with Crippen molar-refractivity contribution in [1.29, 1.82) is 0 Å². The second-order valence-corrected chi connectivity index (χ2v) is 11.9. The Labute approximate surface area is 251 Å². The molecule has 0 bridgehead atoms. The minimum absolute atomic E-state index is 0.0341. The Bertz CT molecular complexity index is 1330. The molecule has 2 aliphatic heterocycles. The fourth-order valence-electron chi connectivity index (χ4n) is 5.31. The Kier molecular flexibility index (Phi) is 10.5. The van der Waals surface area contributed by atoms with Gasteiger partial charge in [0, 0.05) is 56.1 Å². The zero-order valence-corrected chi connectivity index (χ0v) is 24.2. The zero-order chi connectivity index (χ0) is 31.1. The van der Waals surface area contributed by atoms with Crippen LogP contribution in [0.1, 0.15) is 37.3 Å². The number of benzene rings is 2. The van der Waals surface area contributed by atoms with E-state index in [1.165, 1.54) is 65.3 Å². The maximum atomic E-state index is 13.1. The number of carbonyl (C=O) groups is 3. The van der Waals surface area contributed by atoms with E-state index in [0.717, 1.165) is 11.8 Å². The second kappa shape index (κ2) is 14.3. The molecule has 0 radical (unpaired) electrons. The lowest BCUT2D eigenvalue weighted by atomic mass is 9.86. The van der Waals surface area contributed by atoms with Gasteiger partial charge in [-0.1, -0.05) is 11.8 Å². The quantitative estimate of drug-likeness (QED) is 0.314. The topological polar surface area (TPSA) is 183 Å². The Morgan fingerprint density at radius 2 is 1.40 bits per heavy atom. The predicted molar refractivity (Wildman–Crippen MR) is 154 cm³/mol. The predicted octanol–water partition coefficient (Wildman–Crippen LogP) is 4.27. The van der Waals surface area contributed by atoms with Crippen LogP contribution in [0, 0.1) is 26.1 Å². The summed E-state index contributed by atoms with van der Waals surface area (Å²) >= 11 is 1.11. The van der Waals surface area contributed by atoms with Crippen LogP contribution in [0.5, 0.6) is 0 Å². The summed E-state index contributed by atoms with van der Waals surface area (Å²) in [5.74, 6) is -0.213. The van der Waals surface area contributed by atoms with E-state index >= 15 is 0 Å². The molecule has 15 heteroatoms. The number of piperidine rings is 1. The van der Waals surface area contributed by atoms with Gasteiger partial charge in [0.15, 0.2) is 5.12 Å². The number of aliphatic hydroxyl groups excluding tert-OH is 1. The summed E-state index contributed by atoms with van der Waals surface area (Å²) in [5, 5.41) is 32.7. The fourth-order valence-corrected chi connectivity index (χ4v) is 6.31. The molecule has 14 nitrogen and oxygen atoms in total. The number of rotatable bonds is 9. The van der Waals surface area contributed by atoms with Gasteiger partial charge in [-0.2, -0.15) is 0 Å². The minimum atomic E-state index is -0.914. The largest absolute Gasteiger partial charge is 0.445 e. The molecule has 2 heterocycles. The molecule has 230 valence electrons. The number of aliphatic hydroxyl groups is 1. The third kappa shape index (κ3) is 8.41. The van der Waals surface area contributed by atoms with Gasteiger partial charge in [-0.25, -0.2) is 9.59 Å². The van der Waals surface area contributed by atoms with Gasteiger partial charge < -0.3 is 24.4 Å². The minimum Gasteiger partial charge on any atom is -0.445 e. The van der Waals surface area contributed by atoms with Crippen molar-refractivity contribution in [2.24, 2.45) is 5.92 Å². The van der Waals surface area contributed by atoms with Crippen molar-refractivity contribution in [3.05, 3.63) is 79.9 Å². The second-order valence-electron chi connectivity index (χ2n) is 10.5. The van der Waals surface area contributed by atoms with E-state index in [1.54, 1.807) is 0 Å². The summed E-state index contributed by atoms with van der Waals surface area (Å²) in [7, 11) is 0. The van der Waals surface area contributed by atoms with Gasteiger partial charge in [0.25, 0.3) is 11.4 Å². The summed E-state index contributed by atoms with van der Waals surface area (Å²) in [5.41, 5.74) is 1.05. The van der Waals surface area contributed by atoms with Gasteiger partial charge in [0.1, 0.15) is 13.2 Å². The first-order valence-electron chi connectivity index (χ1n) is 13.7. The molecule has 2 aromatic carbocycles. The number of likely N-dealkylation sites (tertiary alicyclic amines) is 2. The Balaban J connectivity index is 1.31. The van der Waals surface area contributed by atoms with E-state index in [9.17, 15) is 39.7 Å². The first kappa shape index (κ1) is 31.7. The highest BCUT2D eigenvalue weighted by Gasteiger charge is 2.44. The maximum absolute atomic E-state index is 13.1. The van der Waals surface area contributed by atoms with Crippen molar-refractivity contribution >= 4 is 40.4 Å². The summed E-state index contributed by atoms with van der Waals surface area (Å²) in [4.78, 5) is 61.1. The highest BCUT2D eigenvalue weighted by atomic mass is 32.2. The van der Waals surface area contributed by atoms with E-state index in [0.29, 0.717) is 43.5 Å². The van der Waals surface area contributed by atoms with Crippen LogP contribution in [0.4, 0.5) is 21.0 Å². The molecular formula is C28H32N4O10S. The van der Waals surface area contributed by atoms with Gasteiger partial charge >= 0.3 is 12.2 Å². The van der Waals surface area contributed by atoms with E-state index in [1.807, 2.05) is 0 Å². The lowest BCUT2D eigenvalue weighted by Crippen LogP contribution is -2.49. The van der Waals surface area contributed by atoms with Crippen LogP contribution in [0.25, 0.3) is 0 Å². The Hall–Kier alpha value is -4.24. The number of carbonyl (C=O) groups excluding carboxylic acids is 3. The summed E-state index contributed by atoms with van der Waals surface area (Å²) in [6, 6.07) is 10.8. The number of thioether (sulfide) groups is 1. The first-order valence-corrected chi connectivity index (χ1v) is 14.6. The van der Waals surface area contributed by atoms with Crippen molar-refractivity contribution in [2.45, 2.75) is 56.8 Å². The van der Waals surface area contributed by atoms with Gasteiger partial charge in [-0.05, 0) is 60.6 Å². The molecule has 2 fully saturated rings. The average Bonchev–Trinajstić information content (AvgIpc) is 3.41. The van der Waals surface area contributed by atoms with Crippen LogP contribution in [-0.4, -0.2) is 79.1 Å². The number of nitro benzene ring substituents is 2. The Morgan fingerprint density at radius 1 is 0.907 bits per heavy atom. The van der Waals surface area contributed by atoms with Crippen molar-refractivity contribution in [3.8, 4) is 0 Å². The highest BCUT2D eigenvalue weighted by Crippen LogP contribution is 2.35. The lowest BCUT2D eigenvalue weighted by molar-refractivity contribution is -0.385. The summed E-state index contributed by atoms with van der Waals surface area (Å²) in [6.07, 6.45) is -0.748. The molecule has 1 N–H and O–H groups in total. The molecular weight excluding hydrogens is 584 g/mol. The van der Waals surface area contributed by atoms with E-state index < -0.39 is 34.2 Å². The molecule has 0 spiro atoms. The lowest BCUT2D eigenvalue weighted by Gasteiger charge is -2.37. The molecule has 1 unspecified atom stereocenters. The smallest absolute Gasteiger partial charge is 0.410 e. The zero-order valence-electron chi connectivity index (χ0n) is 23.4. The average molecular weight is 617 g/mol. The van der Waals surface area contributed by atoms with Gasteiger partial charge in [-0.3, -0.25) is 25.0 Å². The molecule has 2 saturated heterocycles. The van der Waals surface area contributed by atoms with Crippen molar-refractivity contribution in [1.82, 2.24) is 9.80 Å². The summed E-state index contributed by atoms with van der Waals surface area (Å²) < 4.78 is 10.8. The van der Waals surface area contributed by atoms with Crippen LogP contribution in [0.3, 0.4) is 0 Å². The summed E-state index contributed by atoms with van der Waals surface area (Å²) in [6.45, 7) is 2.20. The molecule has 3 atom stereocenters. The molecule has 0 aliphatic carbocycles. The van der Waals surface area contributed by atoms with Crippen LogP contribution >= 0.6 is 11.8 Å². The SMILES string of the molecule is CC(=O)S[C@H]1C[C@@H](C(O)C2CCN(C(=O)OCc3ccc([N+](=O)[O-])cc3)CC2)N(C(=O)OCc2ccc([N+](=O)[O-])cc2)C1. The number of ether oxygens (including phenoxy) is 2. The van der Waals surface area contributed by atoms with Crippen LogP contribution < -0.4 is 0 Å². The van der Waals surface area contributed by atoms with E-state index in [-0.39, 0.29) is 47.4 Å². The van der Waals surface area contributed by atoms with Crippen molar-refractivity contribution < 1.29 is 38.8 Å². The number of nitro groups is 2. The molecule has 2 aliphatic rings. The molecule has 2 aromatic rings. The molecule has 4 rings (SSSR count). The number of non-ortho nitro benzene ring substituents is 2. The molecule has 43 heavy (non-hydrogen) atoms. The van der Waals surface area contributed by atoms with Crippen molar-refractivity contribution in [2.75, 3.05) is 19.6 Å². The van der Waals surface area contributed by atoms with Gasteiger partial charge in [-0.15, -0.1) is 0 Å². The standard InChI is InChI=1S/C28H32N4O10S/c1-18(33)43-24-14-25(30(15-24)28(36)42-17-20-4-8-23(9-5-20)32(39)40)26(34)21-10-12-29(13-11-21)27(35)41-16-19-2-6-22(7-3-19)31(37)38/h2-9,21,24-26,34H,10-17H2,1H3/t24-,25-,26?/m0/s1. The number of amides is 2. The Morgan fingerprint density at radius 3 is 1.86 bits per heavy atom. The van der Waals surface area contributed by atoms with Crippen LogP contribution in [0.15, 0.2) is 48.5 Å². The molecule has 0 aromatic heterocycles. The number of nitrogens with zero attached hydrogens (tertiary/aromatic N) is 4. The molecule has 2 amide bonds. The van der Waals surface area contributed by atoms with E-state index in [2.05, 4.69) is 0 Å².